The first-order valence-corrected chi connectivity index (χ1v) is 11.8. The zero-order chi connectivity index (χ0) is 26.5. The van der Waals surface area contributed by atoms with Crippen molar-refractivity contribution in [2.75, 3.05) is 12.0 Å². The zero-order valence-corrected chi connectivity index (χ0v) is 20.2. The van der Waals surface area contributed by atoms with Crippen molar-refractivity contribution in [3.8, 4) is 5.75 Å². The molecule has 0 unspecified atom stereocenters. The van der Waals surface area contributed by atoms with E-state index in [0.29, 0.717) is 44.0 Å². The molecule has 0 radical (unpaired) electrons. The molecule has 2 aromatic heterocycles. The van der Waals surface area contributed by atoms with Gasteiger partial charge in [-0.05, 0) is 54.6 Å². The topological polar surface area (TPSA) is 118 Å². The fraction of sp³-hybridized carbons (Fsp3) is 0.0357. The second-order valence-corrected chi connectivity index (χ2v) is 9.33. The lowest BCUT2D eigenvalue weighted by Crippen LogP contribution is -2.40. The maximum Gasteiger partial charge on any atom is 0.335 e. The maximum absolute atomic E-state index is 13.7. The van der Waals surface area contributed by atoms with Crippen LogP contribution in [0.4, 0.5) is 5.69 Å². The van der Waals surface area contributed by atoms with Crippen LogP contribution in [0.25, 0.3) is 38.2 Å². The number of halogens is 1. The first kappa shape index (κ1) is 22.2. The molecular formula is C28H14ClN3O6. The Labute approximate surface area is 217 Å². The summed E-state index contributed by atoms with van der Waals surface area (Å²) >= 11 is 6.31. The van der Waals surface area contributed by atoms with Crippen molar-refractivity contribution < 1.29 is 24.2 Å². The highest BCUT2D eigenvalue weighted by Gasteiger charge is 2.36. The van der Waals surface area contributed by atoms with Crippen LogP contribution < -0.4 is 15.2 Å². The second kappa shape index (κ2) is 7.50. The average Bonchev–Trinajstić information content (AvgIpc) is 3.30. The summed E-state index contributed by atoms with van der Waals surface area (Å²) in [6.07, 6.45) is 0. The van der Waals surface area contributed by atoms with Crippen LogP contribution >= 0.6 is 11.6 Å². The normalized spacial score (nSPS) is 13.4. The number of methoxy groups -OCH3 is 1. The van der Waals surface area contributed by atoms with Gasteiger partial charge in [0.15, 0.2) is 0 Å². The first-order chi connectivity index (χ1) is 18.3. The largest absolute Gasteiger partial charge is 0.497 e. The Morgan fingerprint density at radius 2 is 1.61 bits per heavy atom. The third-order valence-corrected chi connectivity index (χ3v) is 7.32. The third-order valence-electron chi connectivity index (χ3n) is 7.00. The van der Waals surface area contributed by atoms with Gasteiger partial charge in [-0.15, -0.1) is 0 Å². The summed E-state index contributed by atoms with van der Waals surface area (Å²) in [5.41, 5.74) is 1.45. The van der Waals surface area contributed by atoms with Gasteiger partial charge in [-0.2, -0.15) is 0 Å². The lowest BCUT2D eigenvalue weighted by molar-refractivity contribution is 0.0695. The van der Waals surface area contributed by atoms with E-state index in [9.17, 15) is 24.3 Å². The molecule has 0 bridgehead atoms. The summed E-state index contributed by atoms with van der Waals surface area (Å²) in [5, 5.41) is 11.2. The molecular weight excluding hydrogens is 510 g/mol. The number of carbonyl (C=O) groups excluding carboxylic acids is 2. The lowest BCUT2D eigenvalue weighted by Gasteiger charge is -2.28. The predicted octanol–water partition coefficient (Wildman–Crippen LogP) is 4.75. The Kier molecular flexibility index (Phi) is 4.38. The highest BCUT2D eigenvalue weighted by Crippen LogP contribution is 2.40. The van der Waals surface area contributed by atoms with Crippen LogP contribution in [0.15, 0.2) is 65.5 Å². The summed E-state index contributed by atoms with van der Waals surface area (Å²) in [6.45, 7) is 0. The Morgan fingerprint density at radius 3 is 2.29 bits per heavy atom. The van der Waals surface area contributed by atoms with Gasteiger partial charge in [0.05, 0.1) is 34.4 Å². The van der Waals surface area contributed by atoms with E-state index in [1.807, 2.05) is 0 Å². The molecule has 0 saturated heterocycles. The van der Waals surface area contributed by atoms with Gasteiger partial charge in [0.2, 0.25) is 0 Å². The number of pyridine rings is 1. The number of imide groups is 1. The van der Waals surface area contributed by atoms with Crippen LogP contribution in [0.3, 0.4) is 0 Å². The number of rotatable bonds is 3. The predicted molar refractivity (Wildman–Crippen MR) is 141 cm³/mol. The molecule has 0 atom stereocenters. The van der Waals surface area contributed by atoms with Crippen LogP contribution in [-0.2, 0) is 0 Å². The van der Waals surface area contributed by atoms with Gasteiger partial charge >= 0.3 is 5.97 Å². The Morgan fingerprint density at radius 1 is 0.895 bits per heavy atom. The zero-order valence-electron chi connectivity index (χ0n) is 19.5. The van der Waals surface area contributed by atoms with Crippen LogP contribution in [0.2, 0.25) is 5.02 Å². The van der Waals surface area contributed by atoms with E-state index in [1.54, 1.807) is 36.4 Å². The van der Waals surface area contributed by atoms with E-state index >= 15 is 0 Å². The van der Waals surface area contributed by atoms with Gasteiger partial charge < -0.3 is 9.84 Å². The number of imidazole rings is 1. The molecule has 1 N–H and O–H groups in total. The molecule has 38 heavy (non-hydrogen) atoms. The minimum atomic E-state index is -1.22. The third kappa shape index (κ3) is 2.73. The molecule has 6 aromatic rings. The van der Waals surface area contributed by atoms with Crippen molar-refractivity contribution in [3.63, 3.8) is 0 Å². The fourth-order valence-electron chi connectivity index (χ4n) is 5.27. The molecule has 0 spiro atoms. The lowest BCUT2D eigenvalue weighted by atomic mass is 9.90. The van der Waals surface area contributed by atoms with Gasteiger partial charge in [-0.3, -0.25) is 18.8 Å². The number of amides is 2. The number of hydrogen-bond donors (Lipinski definition) is 1. The van der Waals surface area contributed by atoms with Gasteiger partial charge in [0.1, 0.15) is 11.4 Å². The summed E-state index contributed by atoms with van der Waals surface area (Å²) in [5.74, 6) is -2.00. The number of nitrogens with zero attached hydrogens (tertiary/aromatic N) is 3. The number of fused-ring (bicyclic) bond motifs is 4. The number of ether oxygens (including phenoxy) is 1. The maximum atomic E-state index is 13.7. The molecule has 4 aromatic carbocycles. The number of anilines is 1. The minimum absolute atomic E-state index is 0.0348. The van der Waals surface area contributed by atoms with E-state index in [0.717, 1.165) is 4.90 Å². The highest BCUT2D eigenvalue weighted by atomic mass is 35.5. The van der Waals surface area contributed by atoms with Crippen molar-refractivity contribution in [1.29, 1.82) is 0 Å². The smallest absolute Gasteiger partial charge is 0.335 e. The molecule has 2 amide bonds. The molecule has 9 nitrogen and oxygen atoms in total. The Balaban J connectivity index is 1.55. The molecule has 7 rings (SSSR count). The fourth-order valence-corrected chi connectivity index (χ4v) is 5.48. The number of carboxylic acid groups (broad SMARTS) is 1. The van der Waals surface area contributed by atoms with Crippen LogP contribution in [0.1, 0.15) is 31.1 Å². The number of carboxylic acids is 1. The van der Waals surface area contributed by atoms with Gasteiger partial charge in [0, 0.05) is 38.7 Å². The Bertz CT molecular complexity index is 2110. The molecule has 184 valence electrons. The number of carbonyl (C=O) groups is 3. The monoisotopic (exact) mass is 523 g/mol. The second-order valence-electron chi connectivity index (χ2n) is 8.92. The van der Waals surface area contributed by atoms with Gasteiger partial charge in [-0.25, -0.2) is 14.7 Å². The van der Waals surface area contributed by atoms with Crippen molar-refractivity contribution >= 4 is 73.3 Å². The van der Waals surface area contributed by atoms with E-state index in [4.69, 9.17) is 16.3 Å². The number of aromatic nitrogens is 2. The number of hydrogen-bond acceptors (Lipinski definition) is 6. The molecule has 0 fully saturated rings. The molecule has 1 aliphatic heterocycles. The Hall–Kier alpha value is -5.02. The average molecular weight is 524 g/mol. The molecule has 0 aliphatic carbocycles. The summed E-state index contributed by atoms with van der Waals surface area (Å²) in [4.78, 5) is 58.2. The van der Waals surface area contributed by atoms with Crippen molar-refractivity contribution in [1.82, 2.24) is 9.38 Å². The van der Waals surface area contributed by atoms with Gasteiger partial charge in [-0.1, -0.05) is 11.6 Å². The summed E-state index contributed by atoms with van der Waals surface area (Å²) in [7, 11) is 1.54. The van der Waals surface area contributed by atoms with E-state index in [2.05, 4.69) is 4.98 Å². The quantitative estimate of drug-likeness (QED) is 0.332. The van der Waals surface area contributed by atoms with Crippen LogP contribution in [0.5, 0.6) is 5.75 Å². The van der Waals surface area contributed by atoms with Crippen LogP contribution in [-0.4, -0.2) is 39.4 Å². The molecule has 10 heteroatoms. The minimum Gasteiger partial charge on any atom is -0.497 e. The molecule has 3 heterocycles. The SMILES string of the molecule is COc1ccc2nc3c4ccc5c6c(ccc(c(=O)n3c2c1)c64)C(=O)N(c1cc(C(=O)O)ccc1Cl)C5=O. The standard InChI is InChI=1S/C28H14ClN3O6/c1-38-13-3-9-19-21(11-13)31-24(30-19)14-4-5-16-23-17(7-6-15(22(14)23)25(31)33)27(35)32(26(16)34)20-10-12(28(36)37)2-8-18(20)29/h2-11H,1H3,(H,36,37). The van der Waals surface area contributed by atoms with Crippen molar-refractivity contribution in [3.05, 3.63) is 92.7 Å². The van der Waals surface area contributed by atoms with Gasteiger partial charge in [0.25, 0.3) is 17.4 Å². The van der Waals surface area contributed by atoms with E-state index in [1.165, 1.54) is 35.8 Å². The van der Waals surface area contributed by atoms with E-state index < -0.39 is 17.8 Å². The van der Waals surface area contributed by atoms with E-state index in [-0.39, 0.29) is 33.0 Å². The molecule has 1 aliphatic rings. The first-order valence-electron chi connectivity index (χ1n) is 11.4. The van der Waals surface area contributed by atoms with Crippen LogP contribution in [0, 0.1) is 0 Å². The molecule has 0 saturated carbocycles. The number of aromatic carboxylic acids is 1. The van der Waals surface area contributed by atoms with Crippen molar-refractivity contribution in [2.24, 2.45) is 0 Å². The summed E-state index contributed by atoms with van der Waals surface area (Å²) in [6, 6.07) is 15.4. The summed E-state index contributed by atoms with van der Waals surface area (Å²) < 4.78 is 6.83. The number of benzene rings is 4. The highest BCUT2D eigenvalue weighted by molar-refractivity contribution is 6.42. The van der Waals surface area contributed by atoms with Crippen molar-refractivity contribution in [2.45, 2.75) is 0 Å².